The van der Waals surface area contributed by atoms with Gasteiger partial charge in [-0.15, -0.1) is 0 Å². The largest absolute Gasteiger partial charge is 0.314 e. The highest BCUT2D eigenvalue weighted by atomic mass is 35.5. The standard InChI is InChI=1S/C15H26ClN3/c1-10(2)17-9-15(4,12-6-7-12)8-13-11(3)18-19(5)14(13)16/h10,12,17H,6-9H2,1-5H3. The van der Waals surface area contributed by atoms with Crippen LogP contribution in [-0.4, -0.2) is 22.4 Å². The Morgan fingerprint density at radius 1 is 1.47 bits per heavy atom. The van der Waals surface area contributed by atoms with Crippen molar-refractivity contribution in [2.45, 2.75) is 53.0 Å². The predicted molar refractivity (Wildman–Crippen MR) is 80.6 cm³/mol. The first-order chi connectivity index (χ1) is 8.83. The van der Waals surface area contributed by atoms with Crippen molar-refractivity contribution in [1.29, 1.82) is 0 Å². The zero-order chi connectivity index (χ0) is 14.2. The molecule has 0 aliphatic heterocycles. The van der Waals surface area contributed by atoms with Crippen molar-refractivity contribution in [3.8, 4) is 0 Å². The Balaban J connectivity index is 2.16. The third-order valence-corrected chi connectivity index (χ3v) is 4.80. The van der Waals surface area contributed by atoms with E-state index >= 15 is 0 Å². The Labute approximate surface area is 121 Å². The summed E-state index contributed by atoms with van der Waals surface area (Å²) in [4.78, 5) is 0. The van der Waals surface area contributed by atoms with Crippen LogP contribution in [0.5, 0.6) is 0 Å². The molecule has 19 heavy (non-hydrogen) atoms. The monoisotopic (exact) mass is 283 g/mol. The normalized spacial score (nSPS) is 18.9. The Morgan fingerprint density at radius 3 is 2.53 bits per heavy atom. The van der Waals surface area contributed by atoms with E-state index in [2.05, 4.69) is 38.1 Å². The highest BCUT2D eigenvalue weighted by Crippen LogP contribution is 2.48. The summed E-state index contributed by atoms with van der Waals surface area (Å²) in [5.41, 5.74) is 2.59. The minimum atomic E-state index is 0.293. The van der Waals surface area contributed by atoms with Crippen molar-refractivity contribution >= 4 is 11.6 Å². The average molecular weight is 284 g/mol. The molecule has 0 spiro atoms. The number of aryl methyl sites for hydroxylation is 2. The van der Waals surface area contributed by atoms with Crippen LogP contribution in [0.3, 0.4) is 0 Å². The lowest BCUT2D eigenvalue weighted by atomic mass is 9.78. The molecule has 1 heterocycles. The summed E-state index contributed by atoms with van der Waals surface area (Å²) in [6.07, 6.45) is 3.73. The minimum absolute atomic E-state index is 0.293. The summed E-state index contributed by atoms with van der Waals surface area (Å²) >= 11 is 6.39. The highest BCUT2D eigenvalue weighted by molar-refractivity contribution is 6.30. The fourth-order valence-corrected chi connectivity index (χ4v) is 3.09. The molecule has 4 heteroatoms. The zero-order valence-electron chi connectivity index (χ0n) is 12.8. The lowest BCUT2D eigenvalue weighted by Crippen LogP contribution is -2.38. The van der Waals surface area contributed by atoms with Gasteiger partial charge in [-0.3, -0.25) is 4.68 Å². The van der Waals surface area contributed by atoms with Crippen LogP contribution in [0, 0.1) is 18.3 Å². The van der Waals surface area contributed by atoms with E-state index in [9.17, 15) is 0 Å². The van der Waals surface area contributed by atoms with E-state index in [1.54, 1.807) is 4.68 Å². The van der Waals surface area contributed by atoms with E-state index in [4.69, 9.17) is 11.6 Å². The molecule has 108 valence electrons. The van der Waals surface area contributed by atoms with E-state index in [0.717, 1.165) is 29.7 Å². The molecule has 0 aromatic carbocycles. The molecule has 1 fully saturated rings. The van der Waals surface area contributed by atoms with Gasteiger partial charge in [0, 0.05) is 25.2 Å². The van der Waals surface area contributed by atoms with E-state index in [1.165, 1.54) is 18.4 Å². The topological polar surface area (TPSA) is 29.9 Å². The van der Waals surface area contributed by atoms with Crippen molar-refractivity contribution in [2.24, 2.45) is 18.4 Å². The van der Waals surface area contributed by atoms with Gasteiger partial charge in [0.15, 0.2) is 0 Å². The number of nitrogens with zero attached hydrogens (tertiary/aromatic N) is 2. The molecule has 1 unspecified atom stereocenters. The first kappa shape index (κ1) is 14.9. The molecule has 1 N–H and O–H groups in total. The van der Waals surface area contributed by atoms with Gasteiger partial charge in [-0.05, 0) is 37.5 Å². The number of nitrogens with one attached hydrogen (secondary N) is 1. The van der Waals surface area contributed by atoms with Crippen molar-refractivity contribution in [3.05, 3.63) is 16.4 Å². The molecule has 1 aromatic heterocycles. The maximum atomic E-state index is 6.39. The van der Waals surface area contributed by atoms with E-state index < -0.39 is 0 Å². The van der Waals surface area contributed by atoms with E-state index in [1.807, 2.05) is 7.05 Å². The second-order valence-corrected chi connectivity index (χ2v) is 6.98. The van der Waals surface area contributed by atoms with Crippen LogP contribution in [0.4, 0.5) is 0 Å². The third-order valence-electron chi connectivity index (χ3n) is 4.33. The Bertz CT molecular complexity index is 448. The molecule has 1 aliphatic rings. The van der Waals surface area contributed by atoms with Crippen LogP contribution in [0.25, 0.3) is 0 Å². The minimum Gasteiger partial charge on any atom is -0.314 e. The molecule has 1 aromatic rings. The van der Waals surface area contributed by atoms with Gasteiger partial charge in [-0.2, -0.15) is 5.10 Å². The molecular weight excluding hydrogens is 258 g/mol. The van der Waals surface area contributed by atoms with Gasteiger partial charge in [0.1, 0.15) is 5.15 Å². The van der Waals surface area contributed by atoms with Gasteiger partial charge in [-0.25, -0.2) is 0 Å². The van der Waals surface area contributed by atoms with Crippen LogP contribution < -0.4 is 5.32 Å². The van der Waals surface area contributed by atoms with Gasteiger partial charge in [0.25, 0.3) is 0 Å². The van der Waals surface area contributed by atoms with Crippen molar-refractivity contribution < 1.29 is 0 Å². The summed E-state index contributed by atoms with van der Waals surface area (Å²) in [6, 6.07) is 0.531. The maximum absolute atomic E-state index is 6.39. The number of hydrogen-bond acceptors (Lipinski definition) is 2. The quantitative estimate of drug-likeness (QED) is 0.868. The van der Waals surface area contributed by atoms with Crippen molar-refractivity contribution in [2.75, 3.05) is 6.54 Å². The average Bonchev–Trinajstić information content (AvgIpc) is 3.13. The summed E-state index contributed by atoms with van der Waals surface area (Å²) in [7, 11) is 1.92. The number of hydrogen-bond donors (Lipinski definition) is 1. The molecule has 0 saturated heterocycles. The highest BCUT2D eigenvalue weighted by Gasteiger charge is 2.42. The lowest BCUT2D eigenvalue weighted by Gasteiger charge is -2.31. The number of aromatic nitrogens is 2. The molecular formula is C15H26ClN3. The van der Waals surface area contributed by atoms with E-state index in [-0.39, 0.29) is 0 Å². The SMILES string of the molecule is Cc1nn(C)c(Cl)c1CC(C)(CNC(C)C)C1CC1. The van der Waals surface area contributed by atoms with Gasteiger partial charge in [0.2, 0.25) is 0 Å². The molecule has 2 rings (SSSR count). The maximum Gasteiger partial charge on any atom is 0.130 e. The molecule has 0 radical (unpaired) electrons. The fraction of sp³-hybridized carbons (Fsp3) is 0.800. The summed E-state index contributed by atoms with van der Waals surface area (Å²) in [6.45, 7) is 9.92. The van der Waals surface area contributed by atoms with Crippen molar-refractivity contribution in [1.82, 2.24) is 15.1 Å². The molecule has 1 aliphatic carbocycles. The van der Waals surface area contributed by atoms with Gasteiger partial charge in [-0.1, -0.05) is 32.4 Å². The molecule has 1 atom stereocenters. The molecule has 0 bridgehead atoms. The molecule has 1 saturated carbocycles. The smallest absolute Gasteiger partial charge is 0.130 e. The number of halogens is 1. The number of rotatable bonds is 6. The Hall–Kier alpha value is -0.540. The first-order valence-corrected chi connectivity index (χ1v) is 7.62. The van der Waals surface area contributed by atoms with Gasteiger partial charge in [0.05, 0.1) is 5.69 Å². The van der Waals surface area contributed by atoms with Crippen LogP contribution >= 0.6 is 11.6 Å². The van der Waals surface area contributed by atoms with Crippen LogP contribution in [-0.2, 0) is 13.5 Å². The second kappa shape index (κ2) is 5.45. The van der Waals surface area contributed by atoms with Crippen LogP contribution in [0.2, 0.25) is 5.15 Å². The lowest BCUT2D eigenvalue weighted by molar-refractivity contribution is 0.248. The molecule has 0 amide bonds. The summed E-state index contributed by atoms with van der Waals surface area (Å²) in [5, 5.41) is 8.84. The van der Waals surface area contributed by atoms with Crippen LogP contribution in [0.1, 0.15) is 44.9 Å². The second-order valence-electron chi connectivity index (χ2n) is 6.62. The first-order valence-electron chi connectivity index (χ1n) is 7.25. The van der Waals surface area contributed by atoms with E-state index in [0.29, 0.717) is 11.5 Å². The molecule has 3 nitrogen and oxygen atoms in total. The fourth-order valence-electron chi connectivity index (χ4n) is 2.85. The van der Waals surface area contributed by atoms with Crippen LogP contribution in [0.15, 0.2) is 0 Å². The van der Waals surface area contributed by atoms with Crippen molar-refractivity contribution in [3.63, 3.8) is 0 Å². The Morgan fingerprint density at radius 2 is 2.11 bits per heavy atom. The zero-order valence-corrected chi connectivity index (χ0v) is 13.5. The van der Waals surface area contributed by atoms with Gasteiger partial charge < -0.3 is 5.32 Å². The Kier molecular flexibility index (Phi) is 4.26. The predicted octanol–water partition coefficient (Wildman–Crippen LogP) is 3.34. The summed E-state index contributed by atoms with van der Waals surface area (Å²) in [5.74, 6) is 0.828. The third kappa shape index (κ3) is 3.32. The summed E-state index contributed by atoms with van der Waals surface area (Å²) < 4.78 is 1.79. The van der Waals surface area contributed by atoms with Gasteiger partial charge >= 0.3 is 0 Å².